The molecule has 0 fully saturated rings. The van der Waals surface area contributed by atoms with Gasteiger partial charge in [0.05, 0.1) is 12.5 Å². The van der Waals surface area contributed by atoms with Crippen LogP contribution < -0.4 is 16.4 Å². The molecule has 0 bridgehead atoms. The van der Waals surface area contributed by atoms with Gasteiger partial charge in [-0.25, -0.2) is 0 Å². The second-order valence-corrected chi connectivity index (χ2v) is 10.8. The number of carbonyl (C=O) groups excluding carboxylic acids is 4. The Labute approximate surface area is 252 Å². The highest BCUT2D eigenvalue weighted by Crippen LogP contribution is 2.25. The summed E-state index contributed by atoms with van der Waals surface area (Å²) in [4.78, 5) is 52.9. The van der Waals surface area contributed by atoms with Crippen LogP contribution in [0.4, 0.5) is 0 Å². The molecule has 2 rings (SSSR count). The van der Waals surface area contributed by atoms with Gasteiger partial charge in [-0.1, -0.05) is 54.9 Å². The zero-order valence-electron chi connectivity index (χ0n) is 25.7. The number of methoxy groups -OCH3 is 1. The van der Waals surface area contributed by atoms with Gasteiger partial charge in [-0.3, -0.25) is 19.2 Å². The topological polar surface area (TPSA) is 181 Å². The Morgan fingerprint density at radius 3 is 2.40 bits per heavy atom. The maximum Gasteiger partial charge on any atom is 0.271 e. The number of nitriles is 1. The van der Waals surface area contributed by atoms with E-state index in [0.717, 1.165) is 11.1 Å². The monoisotopic (exact) mass is 594 g/mol. The highest BCUT2D eigenvalue weighted by atomic mass is 16.5. The molecule has 0 unspecified atom stereocenters. The molecule has 12 heteroatoms. The van der Waals surface area contributed by atoms with E-state index in [2.05, 4.69) is 15.8 Å². The molecule has 1 heterocycles. The fourth-order valence-corrected chi connectivity index (χ4v) is 4.48. The number of hydrogen-bond donors (Lipinski definition) is 3. The third-order valence-electron chi connectivity index (χ3n) is 6.79. The van der Waals surface area contributed by atoms with E-state index in [-0.39, 0.29) is 54.0 Å². The van der Waals surface area contributed by atoms with E-state index < -0.39 is 29.7 Å². The number of aromatic nitrogens is 1. The van der Waals surface area contributed by atoms with Gasteiger partial charge >= 0.3 is 0 Å². The number of amides is 4. The summed E-state index contributed by atoms with van der Waals surface area (Å²) in [7, 11) is 3.03. The number of primary amides is 1. The number of unbranched alkanes of at least 4 members (excludes halogenated alkanes) is 1. The van der Waals surface area contributed by atoms with Crippen LogP contribution in [0.2, 0.25) is 0 Å². The number of likely N-dealkylation sites (N-methyl/N-ethyl adjacent to an activating group) is 1. The Bertz CT molecular complexity index is 1340. The van der Waals surface area contributed by atoms with Crippen LogP contribution >= 0.6 is 0 Å². The minimum absolute atomic E-state index is 0.0531. The standard InChI is InChI=1S/C31H42N6O6/c1-19(2)15-23(16-32)31(41)37(5)14-8-7-9-25(30(40)34-17-22-12-10-20(3)11-13-22)35-29(39)24(18-42-6)26-21(4)43-36-27(26)28(33)38/h10-13,15,19,24-25H,7-9,14,17-18H2,1-6H3,(H2,33,38)(H,34,40)(H,35,39)/t24-,25+/m1/s1. The van der Waals surface area contributed by atoms with Crippen LogP contribution in [0.1, 0.15) is 72.0 Å². The van der Waals surface area contributed by atoms with E-state index in [1.165, 1.54) is 12.0 Å². The SMILES string of the molecule is COC[C@@H](C(=O)N[C@@H](CCCCN(C)C(=O)C(C#N)=CC(C)C)C(=O)NCc1ccc(C)cc1)c1c(C(N)=O)noc1C. The first-order chi connectivity index (χ1) is 20.4. The van der Waals surface area contributed by atoms with E-state index in [4.69, 9.17) is 15.0 Å². The van der Waals surface area contributed by atoms with Gasteiger partial charge in [0.25, 0.3) is 11.8 Å². The summed E-state index contributed by atoms with van der Waals surface area (Å²) in [6.07, 6.45) is 2.91. The molecule has 232 valence electrons. The van der Waals surface area contributed by atoms with E-state index in [9.17, 15) is 24.4 Å². The number of nitrogens with zero attached hydrogens (tertiary/aromatic N) is 3. The molecule has 43 heavy (non-hydrogen) atoms. The molecule has 0 aliphatic carbocycles. The van der Waals surface area contributed by atoms with E-state index >= 15 is 0 Å². The lowest BCUT2D eigenvalue weighted by Crippen LogP contribution is -2.48. The van der Waals surface area contributed by atoms with Crippen molar-refractivity contribution < 1.29 is 28.4 Å². The Hall–Kier alpha value is -4.50. The number of nitrogens with two attached hydrogens (primary N) is 1. The maximum absolute atomic E-state index is 13.5. The number of benzene rings is 1. The quantitative estimate of drug-likeness (QED) is 0.151. The van der Waals surface area contributed by atoms with Crippen molar-refractivity contribution in [3.8, 4) is 6.07 Å². The van der Waals surface area contributed by atoms with Gasteiger partial charge in [-0.05, 0) is 44.6 Å². The molecule has 0 spiro atoms. The first-order valence-electron chi connectivity index (χ1n) is 14.1. The number of hydrogen-bond acceptors (Lipinski definition) is 8. The van der Waals surface area contributed by atoms with Crippen LogP contribution in [-0.2, 0) is 25.7 Å². The number of rotatable bonds is 16. The summed E-state index contributed by atoms with van der Waals surface area (Å²) in [5.41, 5.74) is 7.55. The lowest BCUT2D eigenvalue weighted by Gasteiger charge is -2.23. The Kier molecular flexibility index (Phi) is 13.6. The van der Waals surface area contributed by atoms with Gasteiger partial charge in [0, 0.05) is 32.8 Å². The molecule has 0 aliphatic rings. The first kappa shape index (κ1) is 34.7. The third-order valence-corrected chi connectivity index (χ3v) is 6.79. The Morgan fingerprint density at radius 2 is 1.81 bits per heavy atom. The van der Waals surface area contributed by atoms with Crippen LogP contribution in [0.25, 0.3) is 0 Å². The molecule has 2 aromatic rings. The molecule has 4 amide bonds. The van der Waals surface area contributed by atoms with Crippen molar-refractivity contribution in [1.82, 2.24) is 20.7 Å². The fraction of sp³-hybridized carbons (Fsp3) is 0.484. The zero-order chi connectivity index (χ0) is 32.1. The predicted molar refractivity (Wildman–Crippen MR) is 159 cm³/mol. The fourth-order valence-electron chi connectivity index (χ4n) is 4.48. The lowest BCUT2D eigenvalue weighted by atomic mass is 9.95. The van der Waals surface area contributed by atoms with Gasteiger partial charge in [-0.15, -0.1) is 0 Å². The summed E-state index contributed by atoms with van der Waals surface area (Å²) >= 11 is 0. The molecule has 0 radical (unpaired) electrons. The van der Waals surface area contributed by atoms with Crippen LogP contribution in [0.5, 0.6) is 0 Å². The normalized spacial score (nSPS) is 12.7. The highest BCUT2D eigenvalue weighted by molar-refractivity contribution is 5.97. The Morgan fingerprint density at radius 1 is 1.14 bits per heavy atom. The van der Waals surface area contributed by atoms with Crippen molar-refractivity contribution >= 4 is 23.6 Å². The number of carbonyl (C=O) groups is 4. The van der Waals surface area contributed by atoms with Crippen molar-refractivity contribution in [2.45, 2.75) is 65.5 Å². The summed E-state index contributed by atoms with van der Waals surface area (Å²) in [5, 5.41) is 18.7. The maximum atomic E-state index is 13.5. The Balaban J connectivity index is 2.18. The highest BCUT2D eigenvalue weighted by Gasteiger charge is 2.33. The van der Waals surface area contributed by atoms with Crippen LogP contribution in [0.3, 0.4) is 0 Å². The van der Waals surface area contributed by atoms with Gasteiger partial charge < -0.3 is 30.5 Å². The van der Waals surface area contributed by atoms with Crippen molar-refractivity contribution in [3.63, 3.8) is 0 Å². The molecule has 12 nitrogen and oxygen atoms in total. The largest absolute Gasteiger partial charge is 0.384 e. The average Bonchev–Trinajstić information content (AvgIpc) is 3.35. The van der Waals surface area contributed by atoms with Gasteiger partial charge in [-0.2, -0.15) is 5.26 Å². The van der Waals surface area contributed by atoms with E-state index in [1.807, 2.05) is 51.1 Å². The molecule has 0 saturated carbocycles. The van der Waals surface area contributed by atoms with Gasteiger partial charge in [0.15, 0.2) is 5.69 Å². The number of nitrogens with one attached hydrogen (secondary N) is 2. The minimum atomic E-state index is -1.01. The van der Waals surface area contributed by atoms with Crippen molar-refractivity contribution in [2.24, 2.45) is 11.7 Å². The molecule has 1 aromatic heterocycles. The predicted octanol–water partition coefficient (Wildman–Crippen LogP) is 2.66. The lowest BCUT2D eigenvalue weighted by molar-refractivity contribution is -0.130. The molecular formula is C31H42N6O6. The molecule has 4 N–H and O–H groups in total. The molecular weight excluding hydrogens is 552 g/mol. The number of allylic oxidation sites excluding steroid dienone is 1. The van der Waals surface area contributed by atoms with Gasteiger partial charge in [0.2, 0.25) is 11.8 Å². The third kappa shape index (κ3) is 10.4. The second kappa shape index (κ2) is 16.8. The average molecular weight is 595 g/mol. The smallest absolute Gasteiger partial charge is 0.271 e. The van der Waals surface area contributed by atoms with E-state index in [1.54, 1.807) is 20.0 Å². The van der Waals surface area contributed by atoms with E-state index in [0.29, 0.717) is 19.4 Å². The summed E-state index contributed by atoms with van der Waals surface area (Å²) < 4.78 is 10.4. The molecule has 0 aliphatic heterocycles. The number of ether oxygens (including phenoxy) is 1. The van der Waals surface area contributed by atoms with Crippen molar-refractivity contribution in [3.05, 3.63) is 64.1 Å². The second-order valence-electron chi connectivity index (χ2n) is 10.8. The van der Waals surface area contributed by atoms with Crippen LogP contribution in [0.15, 0.2) is 40.4 Å². The zero-order valence-corrected chi connectivity index (χ0v) is 25.7. The summed E-state index contributed by atoms with van der Waals surface area (Å²) in [5.74, 6) is -2.88. The molecule has 1 aromatic carbocycles. The van der Waals surface area contributed by atoms with Crippen LogP contribution in [-0.4, -0.2) is 67.0 Å². The van der Waals surface area contributed by atoms with Crippen molar-refractivity contribution in [2.75, 3.05) is 27.3 Å². The number of aryl methyl sites for hydroxylation is 2. The van der Waals surface area contributed by atoms with Crippen LogP contribution in [0, 0.1) is 31.1 Å². The summed E-state index contributed by atoms with van der Waals surface area (Å²) in [6, 6.07) is 8.74. The summed E-state index contributed by atoms with van der Waals surface area (Å²) in [6.45, 7) is 7.82. The molecule has 0 saturated heterocycles. The first-order valence-corrected chi connectivity index (χ1v) is 14.1. The molecule has 2 atom stereocenters. The van der Waals surface area contributed by atoms with Gasteiger partial charge in [0.1, 0.15) is 23.4 Å². The minimum Gasteiger partial charge on any atom is -0.384 e. The van der Waals surface area contributed by atoms with Crippen molar-refractivity contribution in [1.29, 1.82) is 5.26 Å².